The Morgan fingerprint density at radius 2 is 1.34 bits per heavy atom. The van der Waals surface area contributed by atoms with Crippen molar-refractivity contribution in [2.24, 2.45) is 22.9 Å². The Morgan fingerprint density at radius 1 is 0.763 bits per heavy atom. The van der Waals surface area contributed by atoms with Crippen molar-refractivity contribution < 1.29 is 33.9 Å². The Bertz CT molecular complexity index is 974. The lowest BCUT2D eigenvalue weighted by Gasteiger charge is -2.25. The maximum atomic E-state index is 13.2. The average molecular weight is 536 g/mol. The highest BCUT2D eigenvalue weighted by molar-refractivity contribution is 5.96. The van der Waals surface area contributed by atoms with E-state index in [1.807, 2.05) is 0 Å². The van der Waals surface area contributed by atoms with Crippen LogP contribution in [0, 0.1) is 0 Å². The second-order valence-electron chi connectivity index (χ2n) is 8.78. The summed E-state index contributed by atoms with van der Waals surface area (Å²) in [4.78, 5) is 72.9. The van der Waals surface area contributed by atoms with Crippen LogP contribution in [-0.4, -0.2) is 71.3 Å². The molecule has 12 N–H and O–H groups in total. The van der Waals surface area contributed by atoms with E-state index in [1.54, 1.807) is 30.3 Å². The molecule has 0 aliphatic rings. The number of nitrogens with one attached hydrogen (secondary N) is 3. The van der Waals surface area contributed by atoms with Gasteiger partial charge in [-0.25, -0.2) is 4.79 Å². The van der Waals surface area contributed by atoms with Gasteiger partial charge in [0.25, 0.3) is 0 Å². The van der Waals surface area contributed by atoms with Crippen LogP contribution < -0.4 is 38.9 Å². The first-order valence-corrected chi connectivity index (χ1v) is 12.1. The van der Waals surface area contributed by atoms with E-state index in [4.69, 9.17) is 22.9 Å². The number of hydrogen-bond acceptors (Lipinski definition) is 8. The number of primary amides is 2. The van der Waals surface area contributed by atoms with Crippen molar-refractivity contribution in [1.29, 1.82) is 0 Å². The van der Waals surface area contributed by atoms with Crippen LogP contribution in [0.15, 0.2) is 30.3 Å². The summed E-state index contributed by atoms with van der Waals surface area (Å²) >= 11 is 0. The Morgan fingerprint density at radius 3 is 1.89 bits per heavy atom. The quantitative estimate of drug-likeness (QED) is 0.0912. The zero-order chi connectivity index (χ0) is 28.7. The molecule has 1 aromatic carbocycles. The fourth-order valence-electron chi connectivity index (χ4n) is 3.47. The number of carbonyl (C=O) groups excluding carboxylic acids is 5. The minimum absolute atomic E-state index is 0.00268. The third-order valence-electron chi connectivity index (χ3n) is 5.55. The van der Waals surface area contributed by atoms with E-state index in [1.165, 1.54) is 0 Å². The van der Waals surface area contributed by atoms with Crippen LogP contribution in [0.4, 0.5) is 0 Å². The first-order valence-electron chi connectivity index (χ1n) is 12.1. The van der Waals surface area contributed by atoms with Crippen molar-refractivity contribution >= 4 is 35.5 Å². The standard InChI is InChI=1S/C24H37N7O7/c25-11-5-4-8-16(24(37)38)29-23(36)18(13-20(28)33)31-22(35)17(12-14-6-2-1-3-7-14)30-21(34)15(26)9-10-19(27)32/h1-3,6-7,15-18H,4-5,8-13,25-26H2,(H2,27,32)(H2,28,33)(H,29,36)(H,30,34)(H,31,35)(H,37,38). The SMILES string of the molecule is NCCCCC(NC(=O)C(CC(N)=O)NC(=O)C(Cc1ccccc1)NC(=O)C(N)CCC(N)=O)C(=O)O. The lowest BCUT2D eigenvalue weighted by molar-refractivity contribution is -0.142. The zero-order valence-corrected chi connectivity index (χ0v) is 21.1. The first-order chi connectivity index (χ1) is 17.9. The van der Waals surface area contributed by atoms with Crippen LogP contribution in [0.1, 0.15) is 44.1 Å². The molecule has 4 unspecified atom stereocenters. The average Bonchev–Trinajstić information content (AvgIpc) is 2.85. The highest BCUT2D eigenvalue weighted by atomic mass is 16.4. The van der Waals surface area contributed by atoms with E-state index < -0.39 is 66.1 Å². The molecule has 1 rings (SSSR count). The molecule has 1 aromatic rings. The van der Waals surface area contributed by atoms with Gasteiger partial charge in [-0.15, -0.1) is 0 Å². The van der Waals surface area contributed by atoms with Crippen molar-refractivity contribution in [3.63, 3.8) is 0 Å². The maximum Gasteiger partial charge on any atom is 0.326 e. The van der Waals surface area contributed by atoms with Crippen molar-refractivity contribution in [2.75, 3.05) is 6.54 Å². The fourth-order valence-corrected chi connectivity index (χ4v) is 3.47. The number of aliphatic carboxylic acids is 1. The molecule has 210 valence electrons. The van der Waals surface area contributed by atoms with Gasteiger partial charge in [-0.2, -0.15) is 0 Å². The number of rotatable bonds is 18. The minimum atomic E-state index is -1.50. The van der Waals surface area contributed by atoms with E-state index in [9.17, 15) is 33.9 Å². The fraction of sp³-hybridized carbons (Fsp3) is 0.500. The second-order valence-corrected chi connectivity index (χ2v) is 8.78. The molecule has 0 radical (unpaired) electrons. The van der Waals surface area contributed by atoms with E-state index in [0.29, 0.717) is 24.9 Å². The van der Waals surface area contributed by atoms with Crippen LogP contribution in [0.5, 0.6) is 0 Å². The van der Waals surface area contributed by atoms with Crippen molar-refractivity contribution in [2.45, 2.75) is 69.1 Å². The summed E-state index contributed by atoms with van der Waals surface area (Å²) in [5.41, 5.74) is 22.3. The highest BCUT2D eigenvalue weighted by Gasteiger charge is 2.31. The summed E-state index contributed by atoms with van der Waals surface area (Å²) in [7, 11) is 0. The van der Waals surface area contributed by atoms with Crippen LogP contribution in [0.2, 0.25) is 0 Å². The molecule has 0 aliphatic carbocycles. The van der Waals surface area contributed by atoms with Gasteiger partial charge in [-0.3, -0.25) is 24.0 Å². The molecule has 0 spiro atoms. The normalized spacial score (nSPS) is 13.8. The van der Waals surface area contributed by atoms with Crippen molar-refractivity contribution in [3.8, 4) is 0 Å². The molecule has 0 saturated carbocycles. The Labute approximate surface area is 220 Å². The maximum absolute atomic E-state index is 13.2. The van der Waals surface area contributed by atoms with Crippen molar-refractivity contribution in [3.05, 3.63) is 35.9 Å². The summed E-state index contributed by atoms with van der Waals surface area (Å²) in [6.07, 6.45) is 0.269. The molecule has 0 aliphatic heterocycles. The molecule has 14 nitrogen and oxygen atoms in total. The lowest BCUT2D eigenvalue weighted by Crippen LogP contribution is -2.58. The molecule has 0 saturated heterocycles. The van der Waals surface area contributed by atoms with Gasteiger partial charge in [-0.1, -0.05) is 30.3 Å². The van der Waals surface area contributed by atoms with Gasteiger partial charge in [0.15, 0.2) is 0 Å². The van der Waals surface area contributed by atoms with Crippen molar-refractivity contribution in [1.82, 2.24) is 16.0 Å². The Balaban J connectivity index is 3.07. The molecule has 4 atom stereocenters. The van der Waals surface area contributed by atoms with Gasteiger partial charge in [0.2, 0.25) is 29.5 Å². The second kappa shape index (κ2) is 16.7. The number of carboxylic acids is 1. The van der Waals surface area contributed by atoms with Gasteiger partial charge in [0.1, 0.15) is 18.1 Å². The van der Waals surface area contributed by atoms with Crippen LogP contribution in [-0.2, 0) is 35.2 Å². The minimum Gasteiger partial charge on any atom is -0.480 e. The van der Waals surface area contributed by atoms with Crippen LogP contribution in [0.25, 0.3) is 0 Å². The predicted molar refractivity (Wildman–Crippen MR) is 137 cm³/mol. The molecule has 0 aromatic heterocycles. The van der Waals surface area contributed by atoms with E-state index in [2.05, 4.69) is 16.0 Å². The largest absolute Gasteiger partial charge is 0.480 e. The molecule has 38 heavy (non-hydrogen) atoms. The summed E-state index contributed by atoms with van der Waals surface area (Å²) in [5, 5.41) is 16.6. The topological polar surface area (TPSA) is 263 Å². The zero-order valence-electron chi connectivity index (χ0n) is 21.1. The van der Waals surface area contributed by atoms with Gasteiger partial charge in [-0.05, 0) is 37.8 Å². The molecular formula is C24H37N7O7. The predicted octanol–water partition coefficient (Wildman–Crippen LogP) is -2.63. The third kappa shape index (κ3) is 12.3. The molecule has 0 heterocycles. The number of nitrogens with two attached hydrogens (primary N) is 4. The summed E-state index contributed by atoms with van der Waals surface area (Å²) < 4.78 is 0. The number of benzene rings is 1. The van der Waals surface area contributed by atoms with Crippen LogP contribution >= 0.6 is 0 Å². The van der Waals surface area contributed by atoms with Crippen LogP contribution in [0.3, 0.4) is 0 Å². The van der Waals surface area contributed by atoms with Gasteiger partial charge >= 0.3 is 5.97 Å². The number of amides is 5. The summed E-state index contributed by atoms with van der Waals surface area (Å²) in [6.45, 7) is 0.349. The monoisotopic (exact) mass is 535 g/mol. The number of carboxylic acid groups (broad SMARTS) is 1. The number of hydrogen-bond donors (Lipinski definition) is 8. The highest BCUT2D eigenvalue weighted by Crippen LogP contribution is 2.07. The summed E-state index contributed by atoms with van der Waals surface area (Å²) in [5.74, 6) is -5.35. The summed E-state index contributed by atoms with van der Waals surface area (Å²) in [6, 6.07) is 3.50. The van der Waals surface area contributed by atoms with Gasteiger partial charge in [0, 0.05) is 12.8 Å². The third-order valence-corrected chi connectivity index (χ3v) is 5.55. The van der Waals surface area contributed by atoms with E-state index >= 15 is 0 Å². The molecule has 5 amide bonds. The molecular weight excluding hydrogens is 498 g/mol. The molecule has 0 fully saturated rings. The lowest BCUT2D eigenvalue weighted by atomic mass is 10.0. The first kappa shape index (κ1) is 32.0. The number of unbranched alkanes of at least 4 members (excludes halogenated alkanes) is 1. The van der Waals surface area contributed by atoms with E-state index in [-0.39, 0.29) is 25.7 Å². The van der Waals surface area contributed by atoms with Gasteiger partial charge < -0.3 is 44.0 Å². The Kier molecular flexibility index (Phi) is 14.0. The van der Waals surface area contributed by atoms with E-state index in [0.717, 1.165) is 0 Å². The number of carbonyl (C=O) groups is 6. The molecule has 14 heteroatoms. The Hall–Kier alpha value is -4.04. The van der Waals surface area contributed by atoms with Gasteiger partial charge in [0.05, 0.1) is 12.5 Å². The molecule has 0 bridgehead atoms. The smallest absolute Gasteiger partial charge is 0.326 e.